The monoisotopic (exact) mass is 376 g/mol. The van der Waals surface area contributed by atoms with Gasteiger partial charge in [-0.2, -0.15) is 0 Å². The average molecular weight is 376 g/mol. The molecule has 2 aliphatic heterocycles. The van der Waals surface area contributed by atoms with Crippen molar-refractivity contribution in [3.05, 3.63) is 23.8 Å². The number of methoxy groups -OCH3 is 2. The van der Waals surface area contributed by atoms with Gasteiger partial charge in [0.15, 0.2) is 0 Å². The van der Waals surface area contributed by atoms with Crippen molar-refractivity contribution in [1.29, 1.82) is 0 Å². The summed E-state index contributed by atoms with van der Waals surface area (Å²) in [6.45, 7) is 2.74. The van der Waals surface area contributed by atoms with Crippen LogP contribution in [0.1, 0.15) is 24.8 Å². The van der Waals surface area contributed by atoms with Crippen LogP contribution >= 0.6 is 0 Å². The van der Waals surface area contributed by atoms with Crippen molar-refractivity contribution in [2.75, 3.05) is 33.9 Å². The van der Waals surface area contributed by atoms with E-state index in [9.17, 15) is 9.59 Å². The average Bonchev–Trinajstić information content (AvgIpc) is 2.72. The molecule has 0 aliphatic carbocycles. The summed E-state index contributed by atoms with van der Waals surface area (Å²) < 4.78 is 10.6. The zero-order valence-electron chi connectivity index (χ0n) is 15.9. The van der Waals surface area contributed by atoms with Gasteiger partial charge in [0.25, 0.3) is 0 Å². The number of ether oxygens (including phenoxy) is 2. The Hall–Kier alpha value is -2.32. The van der Waals surface area contributed by atoms with E-state index in [1.807, 2.05) is 18.2 Å². The lowest BCUT2D eigenvalue weighted by atomic mass is 9.94. The molecule has 2 fully saturated rings. The summed E-state index contributed by atoms with van der Waals surface area (Å²) in [6.07, 6.45) is 2.31. The molecule has 0 radical (unpaired) electrons. The van der Waals surface area contributed by atoms with Crippen LogP contribution in [0.5, 0.6) is 11.5 Å². The lowest BCUT2D eigenvalue weighted by molar-refractivity contribution is -0.128. The molecule has 2 amide bonds. The maximum Gasteiger partial charge on any atom is 0.235 e. The molecule has 2 unspecified atom stereocenters. The molecular weight excluding hydrogens is 348 g/mol. The Kier molecular flexibility index (Phi) is 6.52. The zero-order valence-corrected chi connectivity index (χ0v) is 15.9. The molecule has 0 bridgehead atoms. The second-order valence-corrected chi connectivity index (χ2v) is 7.02. The topological polar surface area (TPSA) is 91.9 Å². The number of piperidine rings is 1. The predicted octanol–water partition coefficient (Wildman–Crippen LogP) is 0.425. The highest BCUT2D eigenvalue weighted by Crippen LogP contribution is 2.25. The maximum atomic E-state index is 12.7. The number of hydrazine groups is 1. The van der Waals surface area contributed by atoms with E-state index in [-0.39, 0.29) is 23.8 Å². The highest BCUT2D eigenvalue weighted by atomic mass is 16.5. The van der Waals surface area contributed by atoms with Crippen LogP contribution in [0.25, 0.3) is 0 Å². The van der Waals surface area contributed by atoms with Crippen LogP contribution in [0.2, 0.25) is 0 Å². The molecule has 0 spiro atoms. The summed E-state index contributed by atoms with van der Waals surface area (Å²) in [5.74, 6) is 1.40. The van der Waals surface area contributed by atoms with Crippen LogP contribution in [-0.4, -0.2) is 56.6 Å². The number of hydrogen-bond acceptors (Lipinski definition) is 6. The number of amides is 2. The number of benzene rings is 1. The number of hydrogen-bond donors (Lipinski definition) is 3. The fourth-order valence-electron chi connectivity index (χ4n) is 3.74. The summed E-state index contributed by atoms with van der Waals surface area (Å²) in [4.78, 5) is 26.5. The Bertz CT molecular complexity index is 682. The SMILES string of the molecule is COc1ccc(CNC(=O)C2CCCN(C3CNNC(=O)C3)C2)c(OC)c1. The second kappa shape index (κ2) is 9.05. The second-order valence-electron chi connectivity index (χ2n) is 7.02. The number of carbonyl (C=O) groups excluding carboxylic acids is 2. The summed E-state index contributed by atoms with van der Waals surface area (Å²) >= 11 is 0. The fourth-order valence-corrected chi connectivity index (χ4v) is 3.74. The van der Waals surface area contributed by atoms with E-state index in [0.717, 1.165) is 30.7 Å². The van der Waals surface area contributed by atoms with Gasteiger partial charge < -0.3 is 14.8 Å². The van der Waals surface area contributed by atoms with Crippen LogP contribution in [0, 0.1) is 5.92 Å². The Morgan fingerprint density at radius 1 is 1.33 bits per heavy atom. The summed E-state index contributed by atoms with van der Waals surface area (Å²) in [6, 6.07) is 5.71. The first kappa shape index (κ1) is 19.4. The van der Waals surface area contributed by atoms with Gasteiger partial charge in [-0.1, -0.05) is 0 Å². The summed E-state index contributed by atoms with van der Waals surface area (Å²) in [5, 5.41) is 3.03. The number of carbonyl (C=O) groups is 2. The van der Waals surface area contributed by atoms with Gasteiger partial charge in [-0.15, -0.1) is 0 Å². The molecule has 0 saturated carbocycles. The lowest BCUT2D eigenvalue weighted by Gasteiger charge is -2.39. The highest BCUT2D eigenvalue weighted by Gasteiger charge is 2.32. The molecule has 3 rings (SSSR count). The van der Waals surface area contributed by atoms with Crippen LogP contribution in [0.15, 0.2) is 18.2 Å². The minimum Gasteiger partial charge on any atom is -0.497 e. The van der Waals surface area contributed by atoms with Gasteiger partial charge >= 0.3 is 0 Å². The number of nitrogens with zero attached hydrogens (tertiary/aromatic N) is 1. The van der Waals surface area contributed by atoms with E-state index in [0.29, 0.717) is 31.8 Å². The first-order chi connectivity index (χ1) is 13.1. The minimum absolute atomic E-state index is 0.00410. The first-order valence-corrected chi connectivity index (χ1v) is 9.35. The van der Waals surface area contributed by atoms with Crippen molar-refractivity contribution in [3.8, 4) is 11.5 Å². The van der Waals surface area contributed by atoms with Gasteiger partial charge in [0.1, 0.15) is 11.5 Å². The molecule has 27 heavy (non-hydrogen) atoms. The molecule has 2 heterocycles. The third-order valence-corrected chi connectivity index (χ3v) is 5.27. The van der Waals surface area contributed by atoms with Gasteiger partial charge in [-0.05, 0) is 31.5 Å². The fraction of sp³-hybridized carbons (Fsp3) is 0.579. The summed E-state index contributed by atoms with van der Waals surface area (Å²) in [5.41, 5.74) is 6.47. The molecular formula is C19H28N4O4. The van der Waals surface area contributed by atoms with Crippen LogP contribution in [-0.2, 0) is 16.1 Å². The maximum absolute atomic E-state index is 12.7. The van der Waals surface area contributed by atoms with Crippen molar-refractivity contribution in [1.82, 2.24) is 21.1 Å². The largest absolute Gasteiger partial charge is 0.497 e. The third kappa shape index (κ3) is 4.90. The van der Waals surface area contributed by atoms with E-state index in [1.165, 1.54) is 0 Å². The van der Waals surface area contributed by atoms with E-state index in [4.69, 9.17) is 9.47 Å². The van der Waals surface area contributed by atoms with E-state index in [2.05, 4.69) is 21.1 Å². The molecule has 1 aromatic carbocycles. The van der Waals surface area contributed by atoms with Crippen molar-refractivity contribution in [2.45, 2.75) is 31.8 Å². The molecule has 8 nitrogen and oxygen atoms in total. The predicted molar refractivity (Wildman–Crippen MR) is 100 cm³/mol. The van der Waals surface area contributed by atoms with Gasteiger partial charge in [-0.25, -0.2) is 5.43 Å². The van der Waals surface area contributed by atoms with Crippen molar-refractivity contribution >= 4 is 11.8 Å². The molecule has 2 atom stereocenters. The molecule has 8 heteroatoms. The molecule has 0 aromatic heterocycles. The Balaban J connectivity index is 1.55. The lowest BCUT2D eigenvalue weighted by Crippen LogP contribution is -2.57. The van der Waals surface area contributed by atoms with Gasteiger partial charge in [0.2, 0.25) is 11.8 Å². The number of rotatable bonds is 6. The number of nitrogens with one attached hydrogen (secondary N) is 3. The Morgan fingerprint density at radius 2 is 2.19 bits per heavy atom. The Morgan fingerprint density at radius 3 is 2.93 bits per heavy atom. The van der Waals surface area contributed by atoms with E-state index < -0.39 is 0 Å². The standard InChI is InChI=1S/C19H28N4O4/c1-26-16-6-5-13(17(9-16)27-2)10-20-19(25)14-4-3-7-23(12-14)15-8-18(24)22-21-11-15/h5-6,9,14-15,21H,3-4,7-8,10-12H2,1-2H3,(H,20,25)(H,22,24). The van der Waals surface area contributed by atoms with E-state index >= 15 is 0 Å². The van der Waals surface area contributed by atoms with Crippen molar-refractivity contribution in [2.24, 2.45) is 5.92 Å². The summed E-state index contributed by atoms with van der Waals surface area (Å²) in [7, 11) is 3.21. The molecule has 1 aromatic rings. The van der Waals surface area contributed by atoms with Gasteiger partial charge in [0, 0.05) is 43.7 Å². The number of likely N-dealkylation sites (tertiary alicyclic amines) is 1. The van der Waals surface area contributed by atoms with Crippen LogP contribution in [0.3, 0.4) is 0 Å². The molecule has 2 aliphatic rings. The van der Waals surface area contributed by atoms with E-state index in [1.54, 1.807) is 14.2 Å². The first-order valence-electron chi connectivity index (χ1n) is 9.35. The van der Waals surface area contributed by atoms with Gasteiger partial charge in [0.05, 0.1) is 20.1 Å². The van der Waals surface area contributed by atoms with Crippen molar-refractivity contribution in [3.63, 3.8) is 0 Å². The highest BCUT2D eigenvalue weighted by molar-refractivity contribution is 5.79. The quantitative estimate of drug-likeness (QED) is 0.667. The van der Waals surface area contributed by atoms with Gasteiger partial charge in [-0.3, -0.25) is 19.9 Å². The molecule has 148 valence electrons. The normalized spacial score (nSPS) is 23.4. The minimum atomic E-state index is -0.0621. The van der Waals surface area contributed by atoms with Crippen LogP contribution < -0.4 is 25.6 Å². The van der Waals surface area contributed by atoms with Crippen LogP contribution in [0.4, 0.5) is 0 Å². The smallest absolute Gasteiger partial charge is 0.235 e. The Labute approximate surface area is 159 Å². The third-order valence-electron chi connectivity index (χ3n) is 5.27. The molecule has 3 N–H and O–H groups in total. The molecule has 2 saturated heterocycles. The zero-order chi connectivity index (χ0) is 19.2. The van der Waals surface area contributed by atoms with Crippen molar-refractivity contribution < 1.29 is 19.1 Å².